The second-order valence-electron chi connectivity index (χ2n) is 10.9. The lowest BCUT2D eigenvalue weighted by Crippen LogP contribution is -1.86. The Hall–Kier alpha value is -0.0400. The molecular weight excluding hydrogens is 388 g/mol. The molecule has 0 amide bonds. The Morgan fingerprint density at radius 2 is 0.594 bits per heavy atom. The fourth-order valence-electron chi connectivity index (χ4n) is 5.10. The molecule has 0 N–H and O–H groups in total. The molecule has 192 valence electrons. The summed E-state index contributed by atoms with van der Waals surface area (Å²) in [5, 5.41) is 0. The Balaban J connectivity index is 1.58. The summed E-state index contributed by atoms with van der Waals surface area (Å²) >= 11 is 0. The molecule has 1 heteroatoms. The van der Waals surface area contributed by atoms with Crippen LogP contribution in [0.15, 0.2) is 0 Å². The van der Waals surface area contributed by atoms with Gasteiger partial charge in [0.25, 0.3) is 0 Å². The summed E-state index contributed by atoms with van der Waals surface area (Å²) in [6, 6.07) is 0. The van der Waals surface area contributed by atoms with Crippen molar-refractivity contribution < 1.29 is 4.74 Å². The fraction of sp³-hybridized carbons (Fsp3) is 1.00. The van der Waals surface area contributed by atoms with Gasteiger partial charge in [-0.2, -0.15) is 0 Å². The van der Waals surface area contributed by atoms with Gasteiger partial charge in [-0.05, 0) is 6.42 Å². The molecule has 0 aromatic rings. The van der Waals surface area contributed by atoms with Crippen LogP contribution in [0.2, 0.25) is 0 Å². The van der Waals surface area contributed by atoms with E-state index < -0.39 is 0 Å². The number of epoxide rings is 1. The average Bonchev–Trinajstić information content (AvgIpc) is 3.63. The molecular formula is C31H62O. The van der Waals surface area contributed by atoms with E-state index in [0.29, 0.717) is 6.10 Å². The van der Waals surface area contributed by atoms with Crippen molar-refractivity contribution in [2.45, 2.75) is 193 Å². The normalized spacial score (nSPS) is 15.5. The first kappa shape index (κ1) is 30.0. The summed E-state index contributed by atoms with van der Waals surface area (Å²) in [4.78, 5) is 0. The lowest BCUT2D eigenvalue weighted by atomic mass is 10.0. The Bertz CT molecular complexity index is 335. The topological polar surface area (TPSA) is 12.5 Å². The van der Waals surface area contributed by atoms with Crippen molar-refractivity contribution in [1.29, 1.82) is 0 Å². The zero-order chi connectivity index (χ0) is 22.8. The number of rotatable bonds is 28. The van der Waals surface area contributed by atoms with Crippen LogP contribution < -0.4 is 0 Å². The fourth-order valence-corrected chi connectivity index (χ4v) is 5.10. The lowest BCUT2D eigenvalue weighted by Gasteiger charge is -2.04. The molecule has 1 saturated heterocycles. The van der Waals surface area contributed by atoms with E-state index in [2.05, 4.69) is 6.92 Å². The van der Waals surface area contributed by atoms with E-state index in [4.69, 9.17) is 4.74 Å². The predicted octanol–water partition coefficient (Wildman–Crippen LogP) is 11.3. The maximum Gasteiger partial charge on any atom is 0.0810 e. The first-order chi connectivity index (χ1) is 15.9. The molecule has 1 unspecified atom stereocenters. The molecule has 0 aromatic heterocycles. The largest absolute Gasteiger partial charge is 0.373 e. The van der Waals surface area contributed by atoms with Gasteiger partial charge in [0.15, 0.2) is 0 Å². The van der Waals surface area contributed by atoms with E-state index in [-0.39, 0.29) is 0 Å². The van der Waals surface area contributed by atoms with Gasteiger partial charge in [-0.15, -0.1) is 0 Å². The molecule has 0 radical (unpaired) electrons. The molecule has 0 bridgehead atoms. The van der Waals surface area contributed by atoms with E-state index in [1.807, 2.05) is 0 Å². The standard InChI is InChI=1S/C31H62O/c1-2-3-4-5-6-7-8-9-10-11-12-13-14-15-16-17-18-19-20-21-22-23-24-25-26-27-28-29-31-30-32-31/h31H,2-30H2,1H3. The Morgan fingerprint density at radius 1 is 0.375 bits per heavy atom. The van der Waals surface area contributed by atoms with Gasteiger partial charge in [-0.3, -0.25) is 0 Å². The highest BCUT2D eigenvalue weighted by molar-refractivity contribution is 4.68. The van der Waals surface area contributed by atoms with E-state index in [1.165, 1.54) is 180 Å². The van der Waals surface area contributed by atoms with E-state index in [0.717, 1.165) is 6.61 Å². The van der Waals surface area contributed by atoms with E-state index in [9.17, 15) is 0 Å². The predicted molar refractivity (Wildman–Crippen MR) is 145 cm³/mol. The molecule has 1 atom stereocenters. The minimum Gasteiger partial charge on any atom is -0.373 e. The first-order valence-electron chi connectivity index (χ1n) is 15.5. The van der Waals surface area contributed by atoms with Crippen LogP contribution in [0.5, 0.6) is 0 Å². The van der Waals surface area contributed by atoms with Crippen molar-refractivity contribution in [3.63, 3.8) is 0 Å². The molecule has 1 nitrogen and oxygen atoms in total. The second kappa shape index (κ2) is 25.6. The summed E-state index contributed by atoms with van der Waals surface area (Å²) in [7, 11) is 0. The molecule has 1 heterocycles. The maximum absolute atomic E-state index is 5.27. The Kier molecular flexibility index (Phi) is 24.0. The molecule has 1 rings (SSSR count). The molecule has 32 heavy (non-hydrogen) atoms. The van der Waals surface area contributed by atoms with E-state index >= 15 is 0 Å². The summed E-state index contributed by atoms with van der Waals surface area (Å²) < 4.78 is 5.27. The Morgan fingerprint density at radius 3 is 0.812 bits per heavy atom. The van der Waals surface area contributed by atoms with Gasteiger partial charge in [0.1, 0.15) is 0 Å². The molecule has 0 aliphatic carbocycles. The maximum atomic E-state index is 5.27. The van der Waals surface area contributed by atoms with E-state index in [1.54, 1.807) is 0 Å². The highest BCUT2D eigenvalue weighted by Gasteiger charge is 2.20. The SMILES string of the molecule is CCCCCCCCCCCCCCCCCCCCCCCCCCCCCC1CO1. The zero-order valence-electron chi connectivity index (χ0n) is 22.5. The molecule has 1 aliphatic rings. The summed E-state index contributed by atoms with van der Waals surface area (Å²) in [5.41, 5.74) is 0. The second-order valence-corrected chi connectivity index (χ2v) is 10.9. The van der Waals surface area contributed by atoms with Crippen LogP contribution in [-0.2, 0) is 4.74 Å². The Labute approximate surface area is 204 Å². The molecule has 1 aliphatic heterocycles. The van der Waals surface area contributed by atoms with Crippen LogP contribution in [0.4, 0.5) is 0 Å². The molecule has 0 spiro atoms. The quantitative estimate of drug-likeness (QED) is 0.0852. The van der Waals surface area contributed by atoms with Crippen LogP contribution in [0.3, 0.4) is 0 Å². The molecule has 1 fully saturated rings. The van der Waals surface area contributed by atoms with Crippen molar-refractivity contribution in [2.24, 2.45) is 0 Å². The van der Waals surface area contributed by atoms with Gasteiger partial charge in [-0.25, -0.2) is 0 Å². The summed E-state index contributed by atoms with van der Waals surface area (Å²) in [6.45, 7) is 3.35. The van der Waals surface area contributed by atoms with Crippen LogP contribution in [0.1, 0.15) is 187 Å². The third kappa shape index (κ3) is 24.6. The van der Waals surface area contributed by atoms with Crippen LogP contribution >= 0.6 is 0 Å². The van der Waals surface area contributed by atoms with Crippen molar-refractivity contribution in [2.75, 3.05) is 6.61 Å². The van der Waals surface area contributed by atoms with Gasteiger partial charge in [0.05, 0.1) is 12.7 Å². The minimum atomic E-state index is 0.647. The monoisotopic (exact) mass is 450 g/mol. The minimum absolute atomic E-state index is 0.647. The highest BCUT2D eigenvalue weighted by Crippen LogP contribution is 2.19. The van der Waals surface area contributed by atoms with Crippen molar-refractivity contribution in [1.82, 2.24) is 0 Å². The lowest BCUT2D eigenvalue weighted by molar-refractivity contribution is 0.387. The third-order valence-corrected chi connectivity index (χ3v) is 7.53. The van der Waals surface area contributed by atoms with Crippen LogP contribution in [-0.4, -0.2) is 12.7 Å². The zero-order valence-corrected chi connectivity index (χ0v) is 22.5. The van der Waals surface area contributed by atoms with Gasteiger partial charge >= 0.3 is 0 Å². The van der Waals surface area contributed by atoms with Crippen LogP contribution in [0.25, 0.3) is 0 Å². The average molecular weight is 451 g/mol. The van der Waals surface area contributed by atoms with Crippen molar-refractivity contribution >= 4 is 0 Å². The van der Waals surface area contributed by atoms with Gasteiger partial charge in [0, 0.05) is 0 Å². The smallest absolute Gasteiger partial charge is 0.0810 e. The molecule has 0 aromatic carbocycles. The van der Waals surface area contributed by atoms with Crippen molar-refractivity contribution in [3.8, 4) is 0 Å². The number of hydrogen-bond acceptors (Lipinski definition) is 1. The number of unbranched alkanes of at least 4 members (excludes halogenated alkanes) is 26. The van der Waals surface area contributed by atoms with Crippen LogP contribution in [0, 0.1) is 0 Å². The van der Waals surface area contributed by atoms with Gasteiger partial charge < -0.3 is 4.74 Å². The summed E-state index contributed by atoms with van der Waals surface area (Å²) in [6.07, 6.45) is 41.7. The number of ether oxygens (including phenoxy) is 1. The highest BCUT2D eigenvalue weighted by atomic mass is 16.6. The van der Waals surface area contributed by atoms with Gasteiger partial charge in [0.2, 0.25) is 0 Å². The summed E-state index contributed by atoms with van der Waals surface area (Å²) in [5.74, 6) is 0. The molecule has 0 saturated carbocycles. The van der Waals surface area contributed by atoms with Gasteiger partial charge in [-0.1, -0.05) is 180 Å². The number of hydrogen-bond donors (Lipinski definition) is 0. The first-order valence-corrected chi connectivity index (χ1v) is 15.5. The third-order valence-electron chi connectivity index (χ3n) is 7.53. The van der Waals surface area contributed by atoms with Crippen molar-refractivity contribution in [3.05, 3.63) is 0 Å².